The molecule has 146 valence electrons. The lowest BCUT2D eigenvalue weighted by Crippen LogP contribution is -2.40. The lowest BCUT2D eigenvalue weighted by Gasteiger charge is -2.27. The summed E-state index contributed by atoms with van der Waals surface area (Å²) < 4.78 is 16.1. The molecule has 0 saturated carbocycles. The first-order valence-corrected chi connectivity index (χ1v) is 9.90. The number of nitrogens with one attached hydrogen (secondary N) is 1. The highest BCUT2D eigenvalue weighted by Gasteiger charge is 2.25. The second kappa shape index (κ2) is 8.86. The number of nitrogens with zero attached hydrogens (tertiary/aromatic N) is 1. The van der Waals surface area contributed by atoms with Crippen LogP contribution in [0.25, 0.3) is 0 Å². The zero-order valence-electron chi connectivity index (χ0n) is 15.2. The molecule has 7 nitrogen and oxygen atoms in total. The largest absolute Gasteiger partial charge is 0.496 e. The van der Waals surface area contributed by atoms with Gasteiger partial charge in [0.15, 0.2) is 0 Å². The quantitative estimate of drug-likeness (QED) is 0.819. The zero-order valence-corrected chi connectivity index (χ0v) is 16.7. The molecule has 0 unspecified atom stereocenters. The maximum atomic E-state index is 12.8. The van der Waals surface area contributed by atoms with E-state index in [4.69, 9.17) is 25.8 Å². The van der Waals surface area contributed by atoms with Crippen LogP contribution in [0.4, 0.5) is 5.69 Å². The van der Waals surface area contributed by atoms with E-state index < -0.39 is 0 Å². The molecule has 1 aromatic carbocycles. The number of ether oxygens (including phenoxy) is 3. The Labute approximate surface area is 167 Å². The van der Waals surface area contributed by atoms with Gasteiger partial charge < -0.3 is 24.4 Å². The molecule has 0 radical (unpaired) electrons. The Morgan fingerprint density at radius 2 is 2.00 bits per heavy atom. The van der Waals surface area contributed by atoms with E-state index in [1.54, 1.807) is 17.9 Å². The Hall–Kier alpha value is -1.90. The second-order valence-electron chi connectivity index (χ2n) is 5.97. The number of amides is 2. The van der Waals surface area contributed by atoms with Gasteiger partial charge in [-0.25, -0.2) is 0 Å². The van der Waals surface area contributed by atoms with Crippen LogP contribution in [0.15, 0.2) is 22.8 Å². The first-order chi connectivity index (χ1) is 13.0. The molecule has 0 bridgehead atoms. The normalized spacial score (nSPS) is 17.4. The maximum absolute atomic E-state index is 12.8. The molecule has 0 aromatic heterocycles. The highest BCUT2D eigenvalue weighted by molar-refractivity contribution is 8.04. The number of benzene rings is 1. The van der Waals surface area contributed by atoms with Gasteiger partial charge in [-0.15, -0.1) is 11.8 Å². The molecule has 3 rings (SSSR count). The molecule has 0 atom stereocenters. The van der Waals surface area contributed by atoms with Crippen molar-refractivity contribution in [2.75, 3.05) is 51.1 Å². The molecule has 2 aliphatic heterocycles. The minimum Gasteiger partial charge on any atom is -0.496 e. The van der Waals surface area contributed by atoms with Gasteiger partial charge in [0.05, 0.1) is 43.2 Å². The van der Waals surface area contributed by atoms with Gasteiger partial charge in [-0.3, -0.25) is 9.59 Å². The summed E-state index contributed by atoms with van der Waals surface area (Å²) >= 11 is 7.78. The fourth-order valence-electron chi connectivity index (χ4n) is 2.83. The van der Waals surface area contributed by atoms with Crippen LogP contribution in [0.2, 0.25) is 5.02 Å². The fraction of sp³-hybridized carbons (Fsp3) is 0.444. The average molecular weight is 413 g/mol. The van der Waals surface area contributed by atoms with Gasteiger partial charge in [0.2, 0.25) is 0 Å². The number of morpholine rings is 1. The van der Waals surface area contributed by atoms with Crippen molar-refractivity contribution >= 4 is 40.9 Å². The SMILES string of the molecule is COc1cc(NC(=O)C2=C(C)OCCS2)c(Cl)cc1C(=O)N1CCOCC1. The van der Waals surface area contributed by atoms with Gasteiger partial charge >= 0.3 is 0 Å². The van der Waals surface area contributed by atoms with Crippen LogP contribution in [0.3, 0.4) is 0 Å². The number of carbonyl (C=O) groups is 2. The minimum absolute atomic E-state index is 0.176. The maximum Gasteiger partial charge on any atom is 0.265 e. The lowest BCUT2D eigenvalue weighted by molar-refractivity contribution is -0.112. The van der Waals surface area contributed by atoms with Crippen LogP contribution in [0.1, 0.15) is 17.3 Å². The molecule has 0 spiro atoms. The molecule has 1 N–H and O–H groups in total. The van der Waals surface area contributed by atoms with E-state index in [1.165, 1.54) is 24.9 Å². The van der Waals surface area contributed by atoms with Crippen LogP contribution < -0.4 is 10.1 Å². The summed E-state index contributed by atoms with van der Waals surface area (Å²) in [4.78, 5) is 27.5. The Morgan fingerprint density at radius 1 is 1.26 bits per heavy atom. The monoisotopic (exact) mass is 412 g/mol. The van der Waals surface area contributed by atoms with Crippen molar-refractivity contribution in [3.63, 3.8) is 0 Å². The Kier molecular flexibility index (Phi) is 6.51. The third-order valence-corrected chi connectivity index (χ3v) is 5.69. The average Bonchev–Trinajstić information content (AvgIpc) is 2.69. The number of hydrogen-bond acceptors (Lipinski definition) is 6. The lowest BCUT2D eigenvalue weighted by atomic mass is 10.1. The van der Waals surface area contributed by atoms with Crippen molar-refractivity contribution in [2.45, 2.75) is 6.92 Å². The predicted molar refractivity (Wildman–Crippen MR) is 104 cm³/mol. The van der Waals surface area contributed by atoms with E-state index in [-0.39, 0.29) is 16.8 Å². The summed E-state index contributed by atoms with van der Waals surface area (Å²) in [6.45, 7) is 4.38. The minimum atomic E-state index is -0.298. The molecule has 9 heteroatoms. The number of thioether (sulfide) groups is 1. The first kappa shape index (κ1) is 19.9. The van der Waals surface area contributed by atoms with Gasteiger partial charge in [-0.2, -0.15) is 0 Å². The molecular formula is C18H21ClN2O5S. The molecule has 2 heterocycles. The third-order valence-electron chi connectivity index (χ3n) is 4.24. The first-order valence-electron chi connectivity index (χ1n) is 8.53. The summed E-state index contributed by atoms with van der Waals surface area (Å²) in [6, 6.07) is 3.09. The number of halogens is 1. The van der Waals surface area contributed by atoms with Crippen LogP contribution in [0, 0.1) is 0 Å². The number of carbonyl (C=O) groups excluding carboxylic acids is 2. The Balaban J connectivity index is 1.83. The number of allylic oxidation sites excluding steroid dienone is 1. The topological polar surface area (TPSA) is 77.1 Å². The van der Waals surface area contributed by atoms with Crippen LogP contribution in [-0.4, -0.2) is 62.5 Å². The summed E-state index contributed by atoms with van der Waals surface area (Å²) in [5.74, 6) is 1.18. The van der Waals surface area contributed by atoms with Crippen molar-refractivity contribution in [1.82, 2.24) is 4.90 Å². The molecule has 1 saturated heterocycles. The molecule has 1 aromatic rings. The van der Waals surface area contributed by atoms with Crippen molar-refractivity contribution in [3.05, 3.63) is 33.4 Å². The van der Waals surface area contributed by atoms with Gasteiger partial charge in [-0.1, -0.05) is 11.6 Å². The van der Waals surface area contributed by atoms with Crippen LogP contribution in [-0.2, 0) is 14.3 Å². The number of anilines is 1. The number of hydrogen-bond donors (Lipinski definition) is 1. The second-order valence-corrected chi connectivity index (χ2v) is 7.49. The molecule has 2 aliphatic rings. The van der Waals surface area contributed by atoms with Gasteiger partial charge in [0.25, 0.3) is 11.8 Å². The van der Waals surface area contributed by atoms with Crippen molar-refractivity contribution < 1.29 is 23.8 Å². The summed E-state index contributed by atoms with van der Waals surface area (Å²) in [7, 11) is 1.47. The van der Waals surface area contributed by atoms with Crippen LogP contribution in [0.5, 0.6) is 5.75 Å². The molecular weight excluding hydrogens is 392 g/mol. The zero-order chi connectivity index (χ0) is 19.4. The highest BCUT2D eigenvalue weighted by Crippen LogP contribution is 2.33. The third kappa shape index (κ3) is 4.51. The van der Waals surface area contributed by atoms with Crippen LogP contribution >= 0.6 is 23.4 Å². The standard InChI is InChI=1S/C18H21ClN2O5S/c1-11-16(27-8-7-26-11)17(22)20-14-10-15(24-2)12(9-13(14)19)18(23)21-3-5-25-6-4-21/h9-10H,3-8H2,1-2H3,(H,20,22). The van der Waals surface area contributed by atoms with E-state index in [0.29, 0.717) is 66.3 Å². The van der Waals surface area contributed by atoms with Gasteiger partial charge in [0, 0.05) is 24.9 Å². The number of methoxy groups -OCH3 is 1. The molecule has 2 amide bonds. The Bertz CT molecular complexity index is 777. The highest BCUT2D eigenvalue weighted by atomic mass is 35.5. The predicted octanol–water partition coefficient (Wildman–Crippen LogP) is 2.75. The smallest absolute Gasteiger partial charge is 0.265 e. The van der Waals surface area contributed by atoms with Gasteiger partial charge in [0.1, 0.15) is 16.4 Å². The Morgan fingerprint density at radius 3 is 2.67 bits per heavy atom. The summed E-state index contributed by atoms with van der Waals surface area (Å²) in [5.41, 5.74) is 0.733. The van der Waals surface area contributed by atoms with E-state index >= 15 is 0 Å². The van der Waals surface area contributed by atoms with E-state index in [2.05, 4.69) is 5.32 Å². The van der Waals surface area contributed by atoms with Crippen molar-refractivity contribution in [1.29, 1.82) is 0 Å². The van der Waals surface area contributed by atoms with Crippen molar-refractivity contribution in [2.24, 2.45) is 0 Å². The summed E-state index contributed by atoms with van der Waals surface area (Å²) in [6.07, 6.45) is 0. The fourth-order valence-corrected chi connectivity index (χ4v) is 3.86. The van der Waals surface area contributed by atoms with Gasteiger partial charge in [-0.05, 0) is 13.0 Å². The molecule has 1 fully saturated rings. The summed E-state index contributed by atoms with van der Waals surface area (Å²) in [5, 5.41) is 3.04. The van der Waals surface area contributed by atoms with E-state index in [9.17, 15) is 9.59 Å². The van der Waals surface area contributed by atoms with E-state index in [1.807, 2.05) is 0 Å². The molecule has 27 heavy (non-hydrogen) atoms. The molecule has 0 aliphatic carbocycles. The van der Waals surface area contributed by atoms with Crippen molar-refractivity contribution in [3.8, 4) is 5.75 Å². The van der Waals surface area contributed by atoms with E-state index in [0.717, 1.165) is 0 Å². The number of rotatable bonds is 4.